The third kappa shape index (κ3) is 4.27. The molecular formula is C14H14Cl2N2OS. The van der Waals surface area contributed by atoms with Crippen molar-refractivity contribution in [3.05, 3.63) is 51.6 Å². The largest absolute Gasteiger partial charge is 0.508 e. The topological polar surface area (TPSA) is 45.5 Å². The van der Waals surface area contributed by atoms with E-state index in [0.29, 0.717) is 15.8 Å². The van der Waals surface area contributed by atoms with Crippen LogP contribution in [0.3, 0.4) is 0 Å². The van der Waals surface area contributed by atoms with Crippen molar-refractivity contribution in [2.24, 2.45) is 4.99 Å². The van der Waals surface area contributed by atoms with E-state index in [9.17, 15) is 5.11 Å². The van der Waals surface area contributed by atoms with E-state index in [4.69, 9.17) is 23.2 Å². The number of allylic oxidation sites excluding steroid dienone is 3. The monoisotopic (exact) mass is 328 g/mol. The number of rotatable bonds is 2. The van der Waals surface area contributed by atoms with Crippen molar-refractivity contribution < 1.29 is 5.11 Å². The third-order valence-electron chi connectivity index (χ3n) is 2.70. The molecule has 106 valence electrons. The molecule has 3 nitrogen and oxygen atoms in total. The molecule has 0 aliphatic carbocycles. The van der Waals surface area contributed by atoms with Gasteiger partial charge in [-0.25, -0.2) is 0 Å². The first-order valence-corrected chi connectivity index (χ1v) is 7.86. The molecule has 0 saturated heterocycles. The highest BCUT2D eigenvalue weighted by atomic mass is 35.5. The molecule has 0 fully saturated rings. The van der Waals surface area contributed by atoms with Crippen molar-refractivity contribution in [3.63, 3.8) is 0 Å². The first kappa shape index (κ1) is 15.4. The summed E-state index contributed by atoms with van der Waals surface area (Å²) in [7, 11) is 0. The Balaban J connectivity index is 2.09. The van der Waals surface area contributed by atoms with Gasteiger partial charge in [0.2, 0.25) is 0 Å². The van der Waals surface area contributed by atoms with Crippen LogP contribution in [-0.4, -0.2) is 15.1 Å². The van der Waals surface area contributed by atoms with Gasteiger partial charge in [-0.2, -0.15) is 0 Å². The second-order valence-corrected chi connectivity index (χ2v) is 6.19. The molecule has 0 bridgehead atoms. The fourth-order valence-electron chi connectivity index (χ4n) is 1.74. The van der Waals surface area contributed by atoms with Crippen molar-refractivity contribution in [3.8, 4) is 0 Å². The van der Waals surface area contributed by atoms with Crippen LogP contribution >= 0.6 is 35.0 Å². The molecule has 1 N–H and O–H groups in total. The van der Waals surface area contributed by atoms with Crippen molar-refractivity contribution in [1.29, 1.82) is 0 Å². The zero-order chi connectivity index (χ0) is 14.5. The number of thioether (sulfide) groups is 1. The van der Waals surface area contributed by atoms with E-state index < -0.39 is 0 Å². The second-order valence-electron chi connectivity index (χ2n) is 4.33. The quantitative estimate of drug-likeness (QED) is 0.815. The molecular weight excluding hydrogens is 315 g/mol. The molecule has 2 heterocycles. The lowest BCUT2D eigenvalue weighted by Crippen LogP contribution is -1.98. The van der Waals surface area contributed by atoms with Crippen LogP contribution in [0.5, 0.6) is 0 Å². The number of halogens is 2. The molecule has 0 atom stereocenters. The Hall–Kier alpha value is -0.970. The predicted molar refractivity (Wildman–Crippen MR) is 86.7 cm³/mol. The lowest BCUT2D eigenvalue weighted by molar-refractivity contribution is 0.428. The molecule has 0 spiro atoms. The third-order valence-corrected chi connectivity index (χ3v) is 4.42. The number of hydrogen-bond donors (Lipinski definition) is 1. The molecule has 0 unspecified atom stereocenters. The smallest absolute Gasteiger partial charge is 0.113 e. The average molecular weight is 329 g/mol. The van der Waals surface area contributed by atoms with Crippen molar-refractivity contribution >= 4 is 40.0 Å². The van der Waals surface area contributed by atoms with Crippen LogP contribution in [0.25, 0.3) is 0 Å². The van der Waals surface area contributed by atoms with Gasteiger partial charge in [0.1, 0.15) is 5.76 Å². The number of aliphatic hydroxyl groups excluding tert-OH is 1. The summed E-state index contributed by atoms with van der Waals surface area (Å²) >= 11 is 13.8. The molecule has 0 amide bonds. The Morgan fingerprint density at radius 1 is 1.30 bits per heavy atom. The molecule has 1 aromatic heterocycles. The van der Waals surface area contributed by atoms with Crippen LogP contribution in [0.1, 0.15) is 25.3 Å². The number of hydrogen-bond acceptors (Lipinski definition) is 4. The minimum atomic E-state index is 0.274. The summed E-state index contributed by atoms with van der Waals surface area (Å²) in [5.41, 5.74) is 1.66. The van der Waals surface area contributed by atoms with Crippen LogP contribution in [0.4, 0.5) is 0 Å². The van der Waals surface area contributed by atoms with Gasteiger partial charge in [-0.3, -0.25) is 9.98 Å². The minimum Gasteiger partial charge on any atom is -0.508 e. The fourth-order valence-corrected chi connectivity index (χ4v) is 3.49. The number of pyridine rings is 1. The molecule has 0 saturated carbocycles. The van der Waals surface area contributed by atoms with Crippen molar-refractivity contribution in [2.45, 2.75) is 25.5 Å². The summed E-state index contributed by atoms with van der Waals surface area (Å²) in [5, 5.41) is 11.7. The molecule has 0 radical (unpaired) electrons. The summed E-state index contributed by atoms with van der Waals surface area (Å²) in [6, 6.07) is 0. The second kappa shape index (κ2) is 7.16. The van der Waals surface area contributed by atoms with Crippen molar-refractivity contribution in [2.75, 3.05) is 0 Å². The summed E-state index contributed by atoms with van der Waals surface area (Å²) in [5.74, 6) is 0.928. The predicted octanol–water partition coefficient (Wildman–Crippen LogP) is 5.16. The maximum atomic E-state index is 9.52. The highest BCUT2D eigenvalue weighted by molar-refractivity contribution is 8.13. The molecule has 0 aromatic carbocycles. The molecule has 1 aromatic rings. The van der Waals surface area contributed by atoms with Crippen LogP contribution in [-0.2, 0) is 5.75 Å². The van der Waals surface area contributed by atoms with E-state index in [2.05, 4.69) is 9.98 Å². The summed E-state index contributed by atoms with van der Waals surface area (Å²) in [4.78, 5) is 8.44. The van der Waals surface area contributed by atoms with Crippen LogP contribution in [0.2, 0.25) is 10.0 Å². The first-order valence-electron chi connectivity index (χ1n) is 6.12. The van der Waals surface area contributed by atoms with Gasteiger partial charge in [-0.15, -0.1) is 11.8 Å². The highest BCUT2D eigenvalue weighted by Gasteiger charge is 2.10. The maximum Gasteiger partial charge on any atom is 0.113 e. The van der Waals surface area contributed by atoms with Gasteiger partial charge >= 0.3 is 0 Å². The SMILES string of the molecule is CC1=CC(O)=CCCC(SCc2c(Cl)cncc2Cl)=N1. The Morgan fingerprint density at radius 2 is 2.00 bits per heavy atom. The fraction of sp³-hybridized carbons (Fsp3) is 0.286. The van der Waals surface area contributed by atoms with Crippen LogP contribution in [0, 0.1) is 0 Å². The van der Waals surface area contributed by atoms with Gasteiger partial charge < -0.3 is 5.11 Å². The molecule has 2 rings (SSSR count). The van der Waals surface area contributed by atoms with Gasteiger partial charge in [-0.05, 0) is 25.8 Å². The Morgan fingerprint density at radius 3 is 2.70 bits per heavy atom. The van der Waals surface area contributed by atoms with E-state index in [0.717, 1.165) is 29.1 Å². The lowest BCUT2D eigenvalue weighted by Gasteiger charge is -2.10. The number of nitrogens with zero attached hydrogens (tertiary/aromatic N) is 2. The minimum absolute atomic E-state index is 0.274. The molecule has 1 aliphatic rings. The lowest BCUT2D eigenvalue weighted by atomic mass is 10.2. The van der Waals surface area contributed by atoms with E-state index in [-0.39, 0.29) is 5.76 Å². The zero-order valence-corrected chi connectivity index (χ0v) is 13.3. The summed E-state index contributed by atoms with van der Waals surface area (Å²) < 4.78 is 0. The van der Waals surface area contributed by atoms with Gasteiger partial charge in [0.05, 0.1) is 15.1 Å². The summed E-state index contributed by atoms with van der Waals surface area (Å²) in [6.07, 6.45) is 8.20. The zero-order valence-electron chi connectivity index (χ0n) is 10.9. The Labute approximate surface area is 132 Å². The number of aliphatic imine (C=N–C) groups is 1. The van der Waals surface area contributed by atoms with Gasteiger partial charge in [-0.1, -0.05) is 23.2 Å². The number of aliphatic hydroxyl groups is 1. The molecule has 6 heteroatoms. The normalized spacial score (nSPS) is 15.8. The number of aromatic nitrogens is 1. The van der Waals surface area contributed by atoms with Gasteiger partial charge in [0, 0.05) is 35.5 Å². The summed E-state index contributed by atoms with van der Waals surface area (Å²) in [6.45, 7) is 1.86. The van der Waals surface area contributed by atoms with E-state index in [1.54, 1.807) is 36.3 Å². The van der Waals surface area contributed by atoms with Crippen molar-refractivity contribution in [1.82, 2.24) is 4.98 Å². The van der Waals surface area contributed by atoms with E-state index >= 15 is 0 Å². The Kier molecular flexibility index (Phi) is 5.52. The van der Waals surface area contributed by atoms with E-state index in [1.807, 2.05) is 6.92 Å². The van der Waals surface area contributed by atoms with Crippen LogP contribution < -0.4 is 0 Å². The van der Waals surface area contributed by atoms with E-state index in [1.165, 1.54) is 0 Å². The van der Waals surface area contributed by atoms with Gasteiger partial charge in [0.15, 0.2) is 0 Å². The maximum absolute atomic E-state index is 9.52. The molecule has 20 heavy (non-hydrogen) atoms. The Bertz CT molecular complexity index is 577. The average Bonchev–Trinajstić information content (AvgIpc) is 2.35. The highest BCUT2D eigenvalue weighted by Crippen LogP contribution is 2.29. The van der Waals surface area contributed by atoms with Crippen LogP contribution in [0.15, 0.2) is 41.0 Å². The standard InChI is InChI=1S/C14H14Cl2N2OS/c1-9-5-10(19)3-2-4-14(18-9)20-8-11-12(15)6-17-7-13(11)16/h3,5-7,19H,2,4,8H2,1H3. The van der Waals surface area contributed by atoms with Gasteiger partial charge in [0.25, 0.3) is 0 Å². The molecule has 1 aliphatic heterocycles. The first-order chi connectivity index (χ1) is 9.56.